The van der Waals surface area contributed by atoms with Gasteiger partial charge < -0.3 is 47.4 Å². The van der Waals surface area contributed by atoms with Crippen LogP contribution >= 0.6 is 0 Å². The number of methoxy groups -OCH3 is 4. The number of benzene rings is 2. The van der Waals surface area contributed by atoms with E-state index >= 15 is 0 Å². The van der Waals surface area contributed by atoms with Crippen LogP contribution in [-0.2, 0) is 42.3 Å². The predicted octanol–water partition coefficient (Wildman–Crippen LogP) is 2.26. The molecule has 0 heterocycles. The summed E-state index contributed by atoms with van der Waals surface area (Å²) in [6, 6.07) is 20.4. The van der Waals surface area contributed by atoms with Crippen molar-refractivity contribution in [2.45, 2.75) is 62.4 Å². The van der Waals surface area contributed by atoms with Crippen molar-refractivity contribution >= 4 is 18.7 Å². The first kappa shape index (κ1) is 33.8. The molecule has 0 aromatic heterocycles. The second-order valence-electron chi connectivity index (χ2n) is 10.9. The molecule has 2 aromatic rings. The van der Waals surface area contributed by atoms with Crippen molar-refractivity contribution in [3.63, 3.8) is 0 Å². The van der Waals surface area contributed by atoms with Gasteiger partial charge in [0.2, 0.25) is 0 Å². The van der Waals surface area contributed by atoms with Gasteiger partial charge in [-0.2, -0.15) is 0 Å². The summed E-state index contributed by atoms with van der Waals surface area (Å²) in [5.41, 5.74) is 0. The zero-order chi connectivity index (χ0) is 29.9. The summed E-state index contributed by atoms with van der Waals surface area (Å²) in [4.78, 5) is 0. The number of aliphatic hydroxyl groups excluding tert-OH is 1. The predicted molar refractivity (Wildman–Crippen MR) is 155 cm³/mol. The zero-order valence-corrected chi connectivity index (χ0v) is 26.2. The minimum Gasteiger partial charge on any atom is -0.399 e. The van der Waals surface area contributed by atoms with Crippen molar-refractivity contribution in [2.24, 2.45) is 0 Å². The van der Waals surface area contributed by atoms with Gasteiger partial charge in [-0.15, -0.1) is 0 Å². The third-order valence-corrected chi connectivity index (χ3v) is 12.2. The van der Waals surface area contributed by atoms with Gasteiger partial charge in [0, 0.05) is 28.4 Å². The monoisotopic (exact) mass is 594 g/mol. The fraction of sp³-hybridized carbons (Fsp3) is 0.600. The van der Waals surface area contributed by atoms with E-state index in [4.69, 9.17) is 42.3 Å². The van der Waals surface area contributed by atoms with Crippen molar-refractivity contribution in [2.75, 3.05) is 55.6 Å². The van der Waals surface area contributed by atoms with E-state index in [1.165, 1.54) is 21.3 Å². The van der Waals surface area contributed by atoms with Gasteiger partial charge in [-0.3, -0.25) is 0 Å². The van der Waals surface area contributed by atoms with Crippen LogP contribution < -0.4 is 10.4 Å². The third-order valence-electron chi connectivity index (χ3n) is 7.21. The Morgan fingerprint density at radius 2 is 0.902 bits per heavy atom. The molecule has 0 saturated heterocycles. The van der Waals surface area contributed by atoms with E-state index in [-0.39, 0.29) is 32.2 Å². The number of rotatable bonds is 16. The number of hydrogen-bond acceptors (Lipinski definition) is 10. The largest absolute Gasteiger partial charge is 0.399 e. The van der Waals surface area contributed by atoms with E-state index in [9.17, 15) is 5.11 Å². The minimum atomic E-state index is -3.14. The first-order valence-corrected chi connectivity index (χ1v) is 15.6. The van der Waals surface area contributed by atoms with Gasteiger partial charge in [0.25, 0.3) is 8.32 Å². The van der Waals surface area contributed by atoms with E-state index < -0.39 is 44.9 Å². The Labute approximate surface area is 244 Å². The van der Waals surface area contributed by atoms with E-state index in [0.717, 1.165) is 10.4 Å². The maximum Gasteiger partial charge on any atom is 0.261 e. The van der Waals surface area contributed by atoms with Crippen molar-refractivity contribution in [3.05, 3.63) is 60.7 Å². The fourth-order valence-electron chi connectivity index (χ4n) is 5.52. The Morgan fingerprint density at radius 1 is 0.561 bits per heavy atom. The van der Waals surface area contributed by atoms with E-state index in [1.54, 1.807) is 7.11 Å². The molecule has 0 amide bonds. The maximum atomic E-state index is 11.8. The first-order chi connectivity index (χ1) is 19.8. The molecule has 1 aliphatic carbocycles. The molecule has 0 unspecified atom stereocenters. The molecule has 0 bridgehead atoms. The SMILES string of the molecule is COCO[C@@H]1[C@@H](OCOC)[C@H](OCOC)[C@@H](O)[C@@H](OCOC)[C@H]1O[Si](c1ccccc1)(c1ccccc1)C(C)(C)C. The summed E-state index contributed by atoms with van der Waals surface area (Å²) in [6.07, 6.45) is -5.44. The second kappa shape index (κ2) is 16.2. The molecule has 1 aliphatic rings. The van der Waals surface area contributed by atoms with Crippen molar-refractivity contribution in [1.29, 1.82) is 0 Å². The van der Waals surface area contributed by atoms with Crippen LogP contribution in [0.4, 0.5) is 0 Å². The van der Waals surface area contributed by atoms with Crippen molar-refractivity contribution in [1.82, 2.24) is 0 Å². The Balaban J connectivity index is 2.25. The lowest BCUT2D eigenvalue weighted by Crippen LogP contribution is -2.74. The molecule has 6 atom stereocenters. The lowest BCUT2D eigenvalue weighted by atomic mass is 9.84. The Kier molecular flexibility index (Phi) is 13.3. The topological polar surface area (TPSA) is 103 Å². The van der Waals surface area contributed by atoms with Crippen molar-refractivity contribution < 1.29 is 47.4 Å². The van der Waals surface area contributed by atoms with E-state index in [1.807, 2.05) is 36.4 Å². The maximum absolute atomic E-state index is 11.8. The van der Waals surface area contributed by atoms with Crippen LogP contribution in [0.3, 0.4) is 0 Å². The van der Waals surface area contributed by atoms with E-state index in [0.29, 0.717) is 0 Å². The number of ether oxygens (including phenoxy) is 8. The molecule has 0 aliphatic heterocycles. The smallest absolute Gasteiger partial charge is 0.261 e. The molecule has 1 fully saturated rings. The lowest BCUT2D eigenvalue weighted by Gasteiger charge is -2.52. The van der Waals surface area contributed by atoms with Crippen LogP contribution in [0.15, 0.2) is 60.7 Å². The molecule has 1 saturated carbocycles. The molecule has 10 nitrogen and oxygen atoms in total. The highest BCUT2D eigenvalue weighted by Gasteiger charge is 2.59. The summed E-state index contributed by atoms with van der Waals surface area (Å²) in [5.74, 6) is 0. The number of aliphatic hydroxyl groups is 1. The van der Waals surface area contributed by atoms with Crippen LogP contribution in [0, 0.1) is 0 Å². The van der Waals surface area contributed by atoms with Gasteiger partial charge in [0.05, 0.1) is 0 Å². The van der Waals surface area contributed by atoms with Gasteiger partial charge in [-0.1, -0.05) is 81.4 Å². The summed E-state index contributed by atoms with van der Waals surface area (Å²) in [7, 11) is 2.95. The molecular weight excluding hydrogens is 548 g/mol. The van der Waals surface area contributed by atoms with Gasteiger partial charge in [0.1, 0.15) is 63.8 Å². The summed E-state index contributed by atoms with van der Waals surface area (Å²) >= 11 is 0. The molecular formula is C30H46O10Si. The van der Waals surface area contributed by atoms with Crippen LogP contribution in [0.5, 0.6) is 0 Å². The van der Waals surface area contributed by atoms with Crippen LogP contribution in [0.2, 0.25) is 5.04 Å². The molecule has 1 N–H and O–H groups in total. The molecule has 2 aromatic carbocycles. The summed E-state index contributed by atoms with van der Waals surface area (Å²) < 4.78 is 53.0. The van der Waals surface area contributed by atoms with Crippen LogP contribution in [-0.4, -0.2) is 106 Å². The molecule has 3 rings (SSSR count). The van der Waals surface area contributed by atoms with Crippen molar-refractivity contribution in [3.8, 4) is 0 Å². The Morgan fingerprint density at radius 3 is 1.27 bits per heavy atom. The Bertz CT molecular complexity index is 950. The van der Waals surface area contributed by atoms with Crippen LogP contribution in [0.1, 0.15) is 20.8 Å². The highest BCUT2D eigenvalue weighted by Crippen LogP contribution is 2.41. The van der Waals surface area contributed by atoms with Gasteiger partial charge in [-0.25, -0.2) is 0 Å². The lowest BCUT2D eigenvalue weighted by molar-refractivity contribution is -0.297. The average molecular weight is 595 g/mol. The standard InChI is InChI=1S/C30H46O10Si/c1-30(2,3)41(22-14-10-8-11-15-22,23-16-12-9-13-17-23)40-29-26(37-19-33-5)24(31)25(36-18-32-4)27(38-20-34-6)28(29)39-21-35-7/h8-17,24-29,31H,18-21H2,1-7H3/t24-,25-,26-,27+,28-,29-/m1/s1. The molecule has 0 spiro atoms. The highest BCUT2D eigenvalue weighted by atomic mass is 28.4. The Hall–Kier alpha value is -1.74. The van der Waals surface area contributed by atoms with Gasteiger partial charge >= 0.3 is 0 Å². The third kappa shape index (κ3) is 7.81. The molecule has 11 heteroatoms. The van der Waals surface area contributed by atoms with Crippen LogP contribution in [0.25, 0.3) is 0 Å². The fourth-order valence-corrected chi connectivity index (χ4v) is 10.2. The average Bonchev–Trinajstić information content (AvgIpc) is 2.97. The quantitative estimate of drug-likeness (QED) is 0.230. The molecule has 230 valence electrons. The highest BCUT2D eigenvalue weighted by molar-refractivity contribution is 6.99. The summed E-state index contributed by atoms with van der Waals surface area (Å²) in [5, 5.41) is 13.5. The van der Waals surface area contributed by atoms with Gasteiger partial charge in [-0.05, 0) is 15.4 Å². The molecule has 0 radical (unpaired) electrons. The van der Waals surface area contributed by atoms with E-state index in [2.05, 4.69) is 45.0 Å². The van der Waals surface area contributed by atoms with Gasteiger partial charge in [0.15, 0.2) is 0 Å². The first-order valence-electron chi connectivity index (χ1n) is 13.7. The second-order valence-corrected chi connectivity index (χ2v) is 15.1. The summed E-state index contributed by atoms with van der Waals surface area (Å²) in [6.45, 7) is 6.26. The minimum absolute atomic E-state index is 0.0534. The normalized spacial score (nSPS) is 25.4. The molecule has 41 heavy (non-hydrogen) atoms. The zero-order valence-electron chi connectivity index (χ0n) is 25.2. The number of hydrogen-bond donors (Lipinski definition) is 1.